The summed E-state index contributed by atoms with van der Waals surface area (Å²) in [5.74, 6) is 0.408. The fraction of sp³-hybridized carbons (Fsp3) is 0.381. The number of nitrogens with zero attached hydrogens (tertiary/aromatic N) is 1. The van der Waals surface area contributed by atoms with Crippen molar-refractivity contribution >= 4 is 37.7 Å². The lowest BCUT2D eigenvalue weighted by molar-refractivity contribution is 0.245. The van der Waals surface area contributed by atoms with Crippen LogP contribution in [0.1, 0.15) is 24.8 Å². The van der Waals surface area contributed by atoms with Crippen LogP contribution in [0.15, 0.2) is 57.9 Å². The van der Waals surface area contributed by atoms with Gasteiger partial charge >= 0.3 is 6.03 Å². The molecule has 2 aromatic rings. The van der Waals surface area contributed by atoms with E-state index in [4.69, 9.17) is 0 Å². The minimum Gasteiger partial charge on any atom is -0.338 e. The number of aryl methyl sites for hydroxylation is 1. The van der Waals surface area contributed by atoms with Gasteiger partial charge in [0.1, 0.15) is 0 Å². The third-order valence-electron chi connectivity index (χ3n) is 5.15. The van der Waals surface area contributed by atoms with E-state index in [1.807, 2.05) is 43.3 Å². The Balaban J connectivity index is 1.42. The molecular formula is C21H26BrN3O3S. The number of rotatable bonds is 6. The Bertz CT molecular complexity index is 940. The number of amides is 2. The lowest BCUT2D eigenvalue weighted by atomic mass is 9.95. The van der Waals surface area contributed by atoms with Gasteiger partial charge < -0.3 is 10.6 Å². The van der Waals surface area contributed by atoms with Gasteiger partial charge in [-0.15, -0.1) is 0 Å². The van der Waals surface area contributed by atoms with Crippen molar-refractivity contribution in [3.05, 3.63) is 58.6 Å². The van der Waals surface area contributed by atoms with E-state index in [0.717, 1.165) is 35.0 Å². The summed E-state index contributed by atoms with van der Waals surface area (Å²) in [5, 5.41) is 5.68. The highest BCUT2D eigenvalue weighted by Crippen LogP contribution is 2.25. The monoisotopic (exact) mass is 479 g/mol. The predicted octanol–water partition coefficient (Wildman–Crippen LogP) is 4.37. The second kappa shape index (κ2) is 9.73. The normalized spacial score (nSPS) is 15.8. The molecule has 29 heavy (non-hydrogen) atoms. The zero-order valence-electron chi connectivity index (χ0n) is 16.4. The van der Waals surface area contributed by atoms with E-state index in [1.54, 1.807) is 16.4 Å². The van der Waals surface area contributed by atoms with Crippen LogP contribution < -0.4 is 10.6 Å². The second-order valence-corrected chi connectivity index (χ2v) is 10.2. The average Bonchev–Trinajstić information content (AvgIpc) is 2.69. The maximum absolute atomic E-state index is 12.8. The van der Waals surface area contributed by atoms with Crippen molar-refractivity contribution < 1.29 is 13.2 Å². The van der Waals surface area contributed by atoms with E-state index in [0.29, 0.717) is 30.4 Å². The zero-order valence-corrected chi connectivity index (χ0v) is 18.8. The van der Waals surface area contributed by atoms with Crippen LogP contribution in [0.5, 0.6) is 0 Å². The van der Waals surface area contributed by atoms with Crippen LogP contribution >= 0.6 is 15.9 Å². The van der Waals surface area contributed by atoms with E-state index in [-0.39, 0.29) is 6.03 Å². The number of benzene rings is 2. The number of urea groups is 1. The minimum absolute atomic E-state index is 0.234. The highest BCUT2D eigenvalue weighted by atomic mass is 79.9. The van der Waals surface area contributed by atoms with Crippen molar-refractivity contribution in [2.45, 2.75) is 31.1 Å². The van der Waals surface area contributed by atoms with E-state index in [1.165, 1.54) is 0 Å². The Kier molecular flexibility index (Phi) is 7.32. The number of anilines is 1. The highest BCUT2D eigenvalue weighted by molar-refractivity contribution is 9.10. The molecular weight excluding hydrogens is 454 g/mol. The largest absolute Gasteiger partial charge is 0.338 e. The number of carbonyl (C=O) groups excluding carboxylic acids is 1. The second-order valence-electron chi connectivity index (χ2n) is 7.34. The van der Waals surface area contributed by atoms with Crippen molar-refractivity contribution in [1.29, 1.82) is 0 Å². The van der Waals surface area contributed by atoms with Gasteiger partial charge in [0.2, 0.25) is 10.0 Å². The zero-order chi connectivity index (χ0) is 20.9. The first-order valence-electron chi connectivity index (χ1n) is 9.72. The van der Waals surface area contributed by atoms with E-state index >= 15 is 0 Å². The van der Waals surface area contributed by atoms with Crippen molar-refractivity contribution in [1.82, 2.24) is 9.62 Å². The average molecular weight is 480 g/mol. The molecule has 0 unspecified atom stereocenters. The van der Waals surface area contributed by atoms with Gasteiger partial charge in [-0.2, -0.15) is 4.31 Å². The number of nitrogens with one attached hydrogen (secondary N) is 2. The fourth-order valence-corrected chi connectivity index (χ4v) is 5.30. The summed E-state index contributed by atoms with van der Waals surface area (Å²) >= 11 is 3.37. The predicted molar refractivity (Wildman–Crippen MR) is 118 cm³/mol. The first-order valence-corrected chi connectivity index (χ1v) is 11.9. The summed E-state index contributed by atoms with van der Waals surface area (Å²) in [6, 6.07) is 14.2. The third-order valence-corrected chi connectivity index (χ3v) is 7.56. The molecule has 0 aliphatic carbocycles. The van der Waals surface area contributed by atoms with Gasteiger partial charge in [0, 0.05) is 29.8 Å². The summed E-state index contributed by atoms with van der Waals surface area (Å²) < 4.78 is 28.0. The SMILES string of the molecule is Cc1ccc(S(=O)(=O)N2CCC(CCNC(=O)Nc3cccc(Br)c3)CC2)cc1. The van der Waals surface area contributed by atoms with Crippen molar-refractivity contribution in [2.24, 2.45) is 5.92 Å². The van der Waals surface area contributed by atoms with Crippen LogP contribution in [0.3, 0.4) is 0 Å². The molecule has 0 spiro atoms. The molecule has 2 amide bonds. The Labute approximate surface area is 180 Å². The summed E-state index contributed by atoms with van der Waals surface area (Å²) in [6.07, 6.45) is 2.45. The number of piperidine rings is 1. The Morgan fingerprint density at radius 1 is 1.14 bits per heavy atom. The van der Waals surface area contributed by atoms with E-state index in [2.05, 4.69) is 26.6 Å². The van der Waals surface area contributed by atoms with Gasteiger partial charge in [0.15, 0.2) is 0 Å². The molecule has 3 rings (SSSR count). The number of halogens is 1. The summed E-state index contributed by atoms with van der Waals surface area (Å²) in [7, 11) is -3.42. The van der Waals surface area contributed by atoms with Crippen LogP contribution in [0.2, 0.25) is 0 Å². The first kappa shape index (κ1) is 21.8. The van der Waals surface area contributed by atoms with Gasteiger partial charge in [-0.1, -0.05) is 39.7 Å². The van der Waals surface area contributed by atoms with Crippen LogP contribution in [0, 0.1) is 12.8 Å². The smallest absolute Gasteiger partial charge is 0.319 e. The summed E-state index contributed by atoms with van der Waals surface area (Å²) in [4.78, 5) is 12.4. The number of carbonyl (C=O) groups is 1. The molecule has 1 saturated heterocycles. The highest BCUT2D eigenvalue weighted by Gasteiger charge is 2.29. The van der Waals surface area contributed by atoms with Gasteiger partial charge in [-0.25, -0.2) is 13.2 Å². The van der Waals surface area contributed by atoms with Crippen LogP contribution in [0.25, 0.3) is 0 Å². The van der Waals surface area contributed by atoms with Crippen molar-refractivity contribution in [3.63, 3.8) is 0 Å². The van der Waals surface area contributed by atoms with E-state index < -0.39 is 10.0 Å². The lowest BCUT2D eigenvalue weighted by Crippen LogP contribution is -2.39. The Hall–Kier alpha value is -1.90. The minimum atomic E-state index is -3.42. The Morgan fingerprint density at radius 2 is 1.83 bits per heavy atom. The number of sulfonamides is 1. The molecule has 1 aliphatic heterocycles. The molecule has 1 fully saturated rings. The van der Waals surface area contributed by atoms with Crippen LogP contribution in [0.4, 0.5) is 10.5 Å². The summed E-state index contributed by atoms with van der Waals surface area (Å²) in [5.41, 5.74) is 1.77. The molecule has 0 saturated carbocycles. The number of hydrogen-bond donors (Lipinski definition) is 2. The quantitative estimate of drug-likeness (QED) is 0.645. The van der Waals surface area contributed by atoms with Crippen molar-refractivity contribution in [2.75, 3.05) is 25.0 Å². The molecule has 1 heterocycles. The molecule has 0 atom stereocenters. The third kappa shape index (κ3) is 6.04. The first-order chi connectivity index (χ1) is 13.8. The molecule has 2 N–H and O–H groups in total. The maximum Gasteiger partial charge on any atom is 0.319 e. The molecule has 1 aliphatic rings. The molecule has 0 radical (unpaired) electrons. The maximum atomic E-state index is 12.8. The molecule has 156 valence electrons. The van der Waals surface area contributed by atoms with Gasteiger partial charge in [0.05, 0.1) is 4.90 Å². The topological polar surface area (TPSA) is 78.5 Å². The molecule has 0 bridgehead atoms. The van der Waals surface area contributed by atoms with Gasteiger partial charge in [0.25, 0.3) is 0 Å². The van der Waals surface area contributed by atoms with Crippen LogP contribution in [-0.4, -0.2) is 38.4 Å². The summed E-state index contributed by atoms with van der Waals surface area (Å²) in [6.45, 7) is 3.54. The van der Waals surface area contributed by atoms with Gasteiger partial charge in [-0.3, -0.25) is 0 Å². The number of hydrogen-bond acceptors (Lipinski definition) is 3. The molecule has 6 nitrogen and oxygen atoms in total. The molecule has 8 heteroatoms. The Morgan fingerprint density at radius 3 is 2.48 bits per heavy atom. The van der Waals surface area contributed by atoms with Crippen LogP contribution in [-0.2, 0) is 10.0 Å². The molecule has 2 aromatic carbocycles. The van der Waals surface area contributed by atoms with E-state index in [9.17, 15) is 13.2 Å². The fourth-order valence-electron chi connectivity index (χ4n) is 3.43. The standard InChI is InChI=1S/C21H26BrN3O3S/c1-16-5-7-20(8-6-16)29(27,28)25-13-10-17(11-14-25)9-12-23-21(26)24-19-4-2-3-18(22)15-19/h2-8,15,17H,9-14H2,1H3,(H2,23,24,26). The molecule has 0 aromatic heterocycles. The van der Waals surface area contributed by atoms with Gasteiger partial charge in [-0.05, 0) is 62.4 Å². The lowest BCUT2D eigenvalue weighted by Gasteiger charge is -2.31. The van der Waals surface area contributed by atoms with Crippen molar-refractivity contribution in [3.8, 4) is 0 Å².